The Hall–Kier alpha value is -0.870. The number of aliphatic carboxylic acids is 1. The van der Waals surface area contributed by atoms with Gasteiger partial charge in [0.2, 0.25) is 0 Å². The summed E-state index contributed by atoms with van der Waals surface area (Å²) in [6.07, 6.45) is 2.08. The minimum atomic E-state index is -0.713. The number of hydrogen-bond acceptors (Lipinski definition) is 3. The topological polar surface area (TPSA) is 49.3 Å². The van der Waals surface area contributed by atoms with E-state index in [1.165, 1.54) is 4.88 Å². The van der Waals surface area contributed by atoms with Crippen LogP contribution < -0.4 is 5.32 Å². The molecule has 2 N–H and O–H groups in total. The molecule has 2 rings (SSSR count). The van der Waals surface area contributed by atoms with E-state index in [4.69, 9.17) is 0 Å². The number of thiophene rings is 1. The van der Waals surface area contributed by atoms with Crippen LogP contribution in [-0.4, -0.2) is 17.1 Å². The molecular formula is C13H19NO2S. The highest BCUT2D eigenvalue weighted by Gasteiger charge is 2.38. The Morgan fingerprint density at radius 2 is 2.24 bits per heavy atom. The average molecular weight is 253 g/mol. The first-order valence-electron chi connectivity index (χ1n) is 6.12. The third-order valence-electron chi connectivity index (χ3n) is 3.23. The van der Waals surface area contributed by atoms with Gasteiger partial charge in [0.25, 0.3) is 0 Å². The fourth-order valence-electron chi connectivity index (χ4n) is 2.10. The molecule has 1 fully saturated rings. The van der Waals surface area contributed by atoms with Crippen LogP contribution in [0.1, 0.15) is 37.6 Å². The molecule has 4 heteroatoms. The molecule has 1 aromatic heterocycles. The second kappa shape index (κ2) is 5.19. The van der Waals surface area contributed by atoms with E-state index in [9.17, 15) is 9.90 Å². The van der Waals surface area contributed by atoms with Crippen molar-refractivity contribution >= 4 is 17.3 Å². The number of nitrogens with one attached hydrogen (secondary N) is 1. The maximum Gasteiger partial charge on any atom is 0.321 e. The summed E-state index contributed by atoms with van der Waals surface area (Å²) in [7, 11) is 0. The number of carboxylic acids is 1. The minimum Gasteiger partial charge on any atom is -0.480 e. The molecule has 1 heterocycles. The highest BCUT2D eigenvalue weighted by atomic mass is 32.1. The van der Waals surface area contributed by atoms with Gasteiger partial charge in [-0.3, -0.25) is 10.1 Å². The first-order chi connectivity index (χ1) is 8.09. The Kier molecular flexibility index (Phi) is 3.84. The monoisotopic (exact) mass is 253 g/mol. The van der Waals surface area contributed by atoms with Gasteiger partial charge in [-0.2, -0.15) is 0 Å². The summed E-state index contributed by atoms with van der Waals surface area (Å²) in [5.41, 5.74) is 0. The number of hydrogen-bond donors (Lipinski definition) is 2. The van der Waals surface area contributed by atoms with Crippen LogP contribution in [-0.2, 0) is 4.79 Å². The molecule has 94 valence electrons. The van der Waals surface area contributed by atoms with E-state index in [2.05, 4.69) is 25.2 Å². The highest BCUT2D eigenvalue weighted by molar-refractivity contribution is 7.10. The third-order valence-corrected chi connectivity index (χ3v) is 4.19. The van der Waals surface area contributed by atoms with Gasteiger partial charge in [-0.15, -0.1) is 11.3 Å². The van der Waals surface area contributed by atoms with Gasteiger partial charge in [-0.1, -0.05) is 19.9 Å². The summed E-state index contributed by atoms with van der Waals surface area (Å²) in [5, 5.41) is 14.6. The van der Waals surface area contributed by atoms with Crippen molar-refractivity contribution in [3.63, 3.8) is 0 Å². The first-order valence-corrected chi connectivity index (χ1v) is 7.00. The quantitative estimate of drug-likeness (QED) is 0.819. The van der Waals surface area contributed by atoms with Crippen LogP contribution in [0.5, 0.6) is 0 Å². The standard InChI is InChI=1S/C13H19NO2S/c1-8(2)11(10-4-3-7-17-10)14-12(13(15)16)9-5-6-9/h3-4,7-9,11-12,14H,5-6H2,1-2H3,(H,15,16). The van der Waals surface area contributed by atoms with Gasteiger partial charge in [0.1, 0.15) is 6.04 Å². The fourth-order valence-corrected chi connectivity index (χ4v) is 3.06. The second-order valence-corrected chi connectivity index (χ2v) is 6.04. The molecule has 0 aliphatic heterocycles. The zero-order valence-corrected chi connectivity index (χ0v) is 11.0. The lowest BCUT2D eigenvalue weighted by atomic mass is 10.0. The smallest absolute Gasteiger partial charge is 0.321 e. The Labute approximate surface area is 106 Å². The Balaban J connectivity index is 2.09. The number of rotatable bonds is 6. The molecule has 0 amide bonds. The molecule has 0 bridgehead atoms. The molecule has 0 saturated heterocycles. The maximum absolute atomic E-state index is 11.2. The molecule has 1 saturated carbocycles. The van der Waals surface area contributed by atoms with Crippen LogP contribution >= 0.6 is 11.3 Å². The summed E-state index contributed by atoms with van der Waals surface area (Å²) in [6.45, 7) is 4.26. The zero-order chi connectivity index (χ0) is 12.4. The Morgan fingerprint density at radius 1 is 1.53 bits per heavy atom. The molecule has 1 aromatic rings. The van der Waals surface area contributed by atoms with Crippen molar-refractivity contribution in [2.24, 2.45) is 11.8 Å². The lowest BCUT2D eigenvalue weighted by Crippen LogP contribution is -2.42. The van der Waals surface area contributed by atoms with Crippen LogP contribution in [0.4, 0.5) is 0 Å². The minimum absolute atomic E-state index is 0.150. The lowest BCUT2D eigenvalue weighted by molar-refractivity contribution is -0.140. The van der Waals surface area contributed by atoms with E-state index < -0.39 is 5.97 Å². The Morgan fingerprint density at radius 3 is 2.65 bits per heavy atom. The van der Waals surface area contributed by atoms with Crippen LogP contribution in [0.15, 0.2) is 17.5 Å². The number of carboxylic acid groups (broad SMARTS) is 1. The van der Waals surface area contributed by atoms with Crippen molar-refractivity contribution in [2.45, 2.75) is 38.8 Å². The molecule has 0 aromatic carbocycles. The maximum atomic E-state index is 11.2. The molecule has 0 spiro atoms. The summed E-state index contributed by atoms with van der Waals surface area (Å²) in [4.78, 5) is 12.5. The van der Waals surface area contributed by atoms with Gasteiger partial charge >= 0.3 is 5.97 Å². The largest absolute Gasteiger partial charge is 0.480 e. The van der Waals surface area contributed by atoms with Gasteiger partial charge in [-0.05, 0) is 36.1 Å². The molecule has 2 atom stereocenters. The molecule has 17 heavy (non-hydrogen) atoms. The van der Waals surface area contributed by atoms with Gasteiger partial charge in [0, 0.05) is 10.9 Å². The molecule has 0 radical (unpaired) electrons. The highest BCUT2D eigenvalue weighted by Crippen LogP contribution is 2.35. The molecular weight excluding hydrogens is 234 g/mol. The van der Waals surface area contributed by atoms with Gasteiger partial charge < -0.3 is 5.11 Å². The van der Waals surface area contributed by atoms with Crippen molar-refractivity contribution < 1.29 is 9.90 Å². The van der Waals surface area contributed by atoms with Crippen molar-refractivity contribution in [1.82, 2.24) is 5.32 Å². The molecule has 2 unspecified atom stereocenters. The predicted molar refractivity (Wildman–Crippen MR) is 69.2 cm³/mol. The van der Waals surface area contributed by atoms with E-state index in [-0.39, 0.29) is 12.1 Å². The summed E-state index contributed by atoms with van der Waals surface area (Å²) >= 11 is 1.69. The summed E-state index contributed by atoms with van der Waals surface area (Å²) in [5.74, 6) is 0.0117. The number of carbonyl (C=O) groups is 1. The van der Waals surface area contributed by atoms with Crippen molar-refractivity contribution in [1.29, 1.82) is 0 Å². The average Bonchev–Trinajstić information content (AvgIpc) is 2.93. The second-order valence-electron chi connectivity index (χ2n) is 5.06. The van der Waals surface area contributed by atoms with E-state index in [1.54, 1.807) is 11.3 Å². The normalized spacial score (nSPS) is 19.2. The fraction of sp³-hybridized carbons (Fsp3) is 0.615. The zero-order valence-electron chi connectivity index (χ0n) is 10.2. The van der Waals surface area contributed by atoms with E-state index in [0.29, 0.717) is 11.8 Å². The first kappa shape index (κ1) is 12.6. The van der Waals surface area contributed by atoms with Crippen LogP contribution in [0.25, 0.3) is 0 Å². The van der Waals surface area contributed by atoms with Gasteiger partial charge in [0.15, 0.2) is 0 Å². The van der Waals surface area contributed by atoms with E-state index >= 15 is 0 Å². The van der Waals surface area contributed by atoms with E-state index in [1.807, 2.05) is 11.4 Å². The van der Waals surface area contributed by atoms with Gasteiger partial charge in [-0.25, -0.2) is 0 Å². The summed E-state index contributed by atoms with van der Waals surface area (Å²) < 4.78 is 0. The van der Waals surface area contributed by atoms with Crippen molar-refractivity contribution in [2.75, 3.05) is 0 Å². The third kappa shape index (κ3) is 3.07. The van der Waals surface area contributed by atoms with Crippen LogP contribution in [0.2, 0.25) is 0 Å². The Bertz CT molecular complexity index is 371. The predicted octanol–water partition coefficient (Wildman–Crippen LogP) is 2.90. The van der Waals surface area contributed by atoms with E-state index in [0.717, 1.165) is 12.8 Å². The molecule has 1 aliphatic rings. The summed E-state index contributed by atoms with van der Waals surface area (Å²) in [6, 6.07) is 3.86. The lowest BCUT2D eigenvalue weighted by Gasteiger charge is -2.25. The molecule has 3 nitrogen and oxygen atoms in total. The van der Waals surface area contributed by atoms with Crippen molar-refractivity contribution in [3.05, 3.63) is 22.4 Å². The van der Waals surface area contributed by atoms with Crippen LogP contribution in [0.3, 0.4) is 0 Å². The van der Waals surface area contributed by atoms with Crippen molar-refractivity contribution in [3.8, 4) is 0 Å². The van der Waals surface area contributed by atoms with Crippen LogP contribution in [0, 0.1) is 11.8 Å². The van der Waals surface area contributed by atoms with Gasteiger partial charge in [0.05, 0.1) is 0 Å². The SMILES string of the molecule is CC(C)C(NC(C(=O)O)C1CC1)c1cccs1. The molecule has 1 aliphatic carbocycles.